The SMILES string of the molecule is O=C(N[C@@H](Cc1ccc(-n2c(=O)[nH]c3ncncc3c2=O)cc1)C(=O)O)c1c(Cl)cccc1Cl. The number of carboxylic acids is 1. The number of halogens is 2. The van der Waals surface area contributed by atoms with Crippen LogP contribution in [0.2, 0.25) is 10.0 Å². The number of aromatic nitrogens is 4. The third-order valence-corrected chi connectivity index (χ3v) is 5.63. The molecule has 10 nitrogen and oxygen atoms in total. The number of carboxylic acid groups (broad SMARTS) is 1. The Labute approximate surface area is 200 Å². The molecule has 1 atom stereocenters. The second kappa shape index (κ2) is 9.46. The molecule has 0 radical (unpaired) electrons. The van der Waals surface area contributed by atoms with Crippen molar-refractivity contribution in [1.29, 1.82) is 0 Å². The van der Waals surface area contributed by atoms with Crippen molar-refractivity contribution in [3.63, 3.8) is 0 Å². The molecule has 2 aromatic carbocycles. The molecule has 12 heteroatoms. The van der Waals surface area contributed by atoms with E-state index in [0.717, 1.165) is 4.57 Å². The summed E-state index contributed by atoms with van der Waals surface area (Å²) in [6, 6.07) is 9.32. The van der Waals surface area contributed by atoms with E-state index in [9.17, 15) is 24.3 Å². The number of amides is 1. The third kappa shape index (κ3) is 4.54. The van der Waals surface area contributed by atoms with Gasteiger partial charge in [0.15, 0.2) is 0 Å². The molecule has 0 aliphatic heterocycles. The Hall–Kier alpha value is -4.02. The number of carbonyl (C=O) groups is 2. The average Bonchev–Trinajstić information content (AvgIpc) is 2.79. The van der Waals surface area contributed by atoms with Crippen LogP contribution >= 0.6 is 23.2 Å². The molecule has 172 valence electrons. The minimum absolute atomic E-state index is 0.0219. The van der Waals surface area contributed by atoms with Crippen LogP contribution in [0, 0.1) is 0 Å². The van der Waals surface area contributed by atoms with Gasteiger partial charge in [-0.1, -0.05) is 41.4 Å². The van der Waals surface area contributed by atoms with Gasteiger partial charge in [0.2, 0.25) is 0 Å². The Balaban J connectivity index is 1.59. The predicted molar refractivity (Wildman–Crippen MR) is 125 cm³/mol. The first-order valence-corrected chi connectivity index (χ1v) is 10.5. The Morgan fingerprint density at radius 1 is 1.09 bits per heavy atom. The smallest absolute Gasteiger partial charge is 0.334 e. The van der Waals surface area contributed by atoms with Crippen LogP contribution in [-0.4, -0.2) is 42.5 Å². The van der Waals surface area contributed by atoms with Gasteiger partial charge in [0.25, 0.3) is 11.5 Å². The molecule has 2 aromatic heterocycles. The minimum Gasteiger partial charge on any atom is -0.480 e. The topological polar surface area (TPSA) is 147 Å². The monoisotopic (exact) mass is 499 g/mol. The number of aromatic amines is 1. The van der Waals surface area contributed by atoms with Gasteiger partial charge in [0, 0.05) is 12.6 Å². The summed E-state index contributed by atoms with van der Waals surface area (Å²) in [5.74, 6) is -1.99. The number of benzene rings is 2. The fourth-order valence-corrected chi connectivity index (χ4v) is 3.92. The number of rotatable bonds is 6. The molecule has 3 N–H and O–H groups in total. The van der Waals surface area contributed by atoms with Gasteiger partial charge in [0.1, 0.15) is 23.4 Å². The minimum atomic E-state index is -1.28. The fraction of sp³-hybridized carbons (Fsp3) is 0.0909. The Morgan fingerprint density at radius 3 is 2.41 bits per heavy atom. The van der Waals surface area contributed by atoms with Crippen LogP contribution < -0.4 is 16.6 Å². The van der Waals surface area contributed by atoms with Gasteiger partial charge in [-0.05, 0) is 29.8 Å². The van der Waals surface area contributed by atoms with Gasteiger partial charge in [-0.25, -0.2) is 24.1 Å². The van der Waals surface area contributed by atoms with E-state index < -0.39 is 29.2 Å². The number of hydrogen-bond donors (Lipinski definition) is 3. The highest BCUT2D eigenvalue weighted by Gasteiger charge is 2.24. The van der Waals surface area contributed by atoms with Crippen molar-refractivity contribution in [2.75, 3.05) is 0 Å². The number of carbonyl (C=O) groups excluding carboxylic acids is 1. The maximum absolute atomic E-state index is 12.7. The normalized spacial score (nSPS) is 11.8. The highest BCUT2D eigenvalue weighted by molar-refractivity contribution is 6.39. The molecular weight excluding hydrogens is 485 g/mol. The van der Waals surface area contributed by atoms with Crippen LogP contribution in [0.3, 0.4) is 0 Å². The van der Waals surface area contributed by atoms with E-state index in [2.05, 4.69) is 20.3 Å². The maximum Gasteiger partial charge on any atom is 0.334 e. The largest absolute Gasteiger partial charge is 0.480 e. The first kappa shape index (κ1) is 23.1. The van der Waals surface area contributed by atoms with Crippen LogP contribution in [0.1, 0.15) is 15.9 Å². The van der Waals surface area contributed by atoms with Gasteiger partial charge in [-0.2, -0.15) is 0 Å². The molecule has 0 spiro atoms. The van der Waals surface area contributed by atoms with Gasteiger partial charge in [-0.3, -0.25) is 14.6 Å². The summed E-state index contributed by atoms with van der Waals surface area (Å²) in [6.07, 6.45) is 2.45. The lowest BCUT2D eigenvalue weighted by molar-refractivity contribution is -0.139. The lowest BCUT2D eigenvalue weighted by Crippen LogP contribution is -2.42. The molecule has 0 unspecified atom stereocenters. The standard InChI is InChI=1S/C22H15Cl2N5O5/c23-14-2-1-3-15(24)17(14)19(30)27-16(21(32)33)8-11-4-6-12(7-5-11)29-20(31)13-9-25-10-26-18(13)28-22(29)34/h1-7,9-10,16H,8H2,(H,27,30)(H,32,33)(H,25,26,28,34)/t16-/m0/s1. The number of fused-ring (bicyclic) bond motifs is 1. The Morgan fingerprint density at radius 2 is 1.76 bits per heavy atom. The van der Waals surface area contributed by atoms with Gasteiger partial charge >= 0.3 is 11.7 Å². The molecule has 4 rings (SSSR count). The first-order valence-electron chi connectivity index (χ1n) is 9.78. The molecule has 4 aromatic rings. The summed E-state index contributed by atoms with van der Waals surface area (Å²) in [5, 5.41) is 12.3. The van der Waals surface area contributed by atoms with E-state index in [-0.39, 0.29) is 38.8 Å². The molecule has 0 aliphatic rings. The molecule has 0 aliphatic carbocycles. The van der Waals surface area contributed by atoms with Crippen LogP contribution in [-0.2, 0) is 11.2 Å². The number of H-pyrrole nitrogens is 1. The summed E-state index contributed by atoms with van der Waals surface area (Å²) >= 11 is 12.1. The molecule has 0 bridgehead atoms. The number of hydrogen-bond acceptors (Lipinski definition) is 6. The Bertz CT molecular complexity index is 1510. The van der Waals surface area contributed by atoms with E-state index in [1.54, 1.807) is 18.2 Å². The van der Waals surface area contributed by atoms with Crippen molar-refractivity contribution in [1.82, 2.24) is 24.8 Å². The highest BCUT2D eigenvalue weighted by Crippen LogP contribution is 2.24. The second-order valence-corrected chi connectivity index (χ2v) is 8.00. The second-order valence-electron chi connectivity index (χ2n) is 7.19. The number of nitrogens with one attached hydrogen (secondary N) is 2. The summed E-state index contributed by atoms with van der Waals surface area (Å²) in [5.41, 5.74) is -0.381. The molecule has 0 saturated carbocycles. The highest BCUT2D eigenvalue weighted by atomic mass is 35.5. The lowest BCUT2D eigenvalue weighted by Gasteiger charge is -2.16. The van der Waals surface area contributed by atoms with E-state index in [0.29, 0.717) is 5.56 Å². The zero-order chi connectivity index (χ0) is 24.4. The van der Waals surface area contributed by atoms with Crippen molar-refractivity contribution in [3.8, 4) is 5.69 Å². The van der Waals surface area contributed by atoms with Crippen LogP contribution in [0.4, 0.5) is 0 Å². The number of aliphatic carboxylic acids is 1. The van der Waals surface area contributed by atoms with Gasteiger partial charge in [-0.15, -0.1) is 0 Å². The van der Waals surface area contributed by atoms with E-state index in [1.807, 2.05) is 0 Å². The zero-order valence-corrected chi connectivity index (χ0v) is 18.7. The average molecular weight is 500 g/mol. The molecular formula is C22H15Cl2N5O5. The van der Waals surface area contributed by atoms with Crippen molar-refractivity contribution in [2.24, 2.45) is 0 Å². The summed E-state index contributed by atoms with van der Waals surface area (Å²) in [4.78, 5) is 59.7. The zero-order valence-electron chi connectivity index (χ0n) is 17.2. The van der Waals surface area contributed by atoms with Crippen molar-refractivity contribution >= 4 is 46.1 Å². The van der Waals surface area contributed by atoms with Crippen LogP contribution in [0.25, 0.3) is 16.7 Å². The summed E-state index contributed by atoms with van der Waals surface area (Å²) < 4.78 is 0.922. The summed E-state index contributed by atoms with van der Waals surface area (Å²) in [6.45, 7) is 0. The van der Waals surface area contributed by atoms with E-state index >= 15 is 0 Å². The quantitative estimate of drug-likeness (QED) is 0.368. The molecule has 0 saturated heterocycles. The molecule has 34 heavy (non-hydrogen) atoms. The van der Waals surface area contributed by atoms with Gasteiger partial charge < -0.3 is 10.4 Å². The molecule has 0 fully saturated rings. The van der Waals surface area contributed by atoms with E-state index in [4.69, 9.17) is 23.2 Å². The fourth-order valence-electron chi connectivity index (χ4n) is 3.35. The summed E-state index contributed by atoms with van der Waals surface area (Å²) in [7, 11) is 0. The van der Waals surface area contributed by atoms with Crippen molar-refractivity contribution < 1.29 is 14.7 Å². The van der Waals surface area contributed by atoms with Crippen molar-refractivity contribution in [2.45, 2.75) is 12.5 Å². The predicted octanol–water partition coefficient (Wildman–Crippen LogP) is 2.20. The van der Waals surface area contributed by atoms with Crippen LogP contribution in [0.5, 0.6) is 0 Å². The number of nitrogens with zero attached hydrogens (tertiary/aromatic N) is 3. The van der Waals surface area contributed by atoms with Gasteiger partial charge in [0.05, 0.1) is 21.3 Å². The van der Waals surface area contributed by atoms with Crippen LogP contribution in [0.15, 0.2) is 64.6 Å². The Kier molecular flexibility index (Phi) is 6.44. The third-order valence-electron chi connectivity index (χ3n) is 5.00. The van der Waals surface area contributed by atoms with Crippen molar-refractivity contribution in [3.05, 3.63) is 97.0 Å². The first-order chi connectivity index (χ1) is 16.3. The molecule has 2 heterocycles. The van der Waals surface area contributed by atoms with E-state index in [1.165, 1.54) is 36.8 Å². The molecule has 1 amide bonds. The lowest BCUT2D eigenvalue weighted by atomic mass is 10.0. The maximum atomic E-state index is 12.7.